The van der Waals surface area contributed by atoms with Gasteiger partial charge < -0.3 is 9.47 Å². The van der Waals surface area contributed by atoms with Gasteiger partial charge in [0.1, 0.15) is 0 Å². The molecule has 1 aliphatic heterocycles. The fraction of sp³-hybridized carbons (Fsp3) is 0.500. The van der Waals surface area contributed by atoms with E-state index in [9.17, 15) is 4.79 Å². The third-order valence-corrected chi connectivity index (χ3v) is 1.80. The molecule has 0 N–H and O–H groups in total. The summed E-state index contributed by atoms with van der Waals surface area (Å²) in [6.07, 6.45) is 8.15. The van der Waals surface area contributed by atoms with Crippen LogP contribution < -0.4 is 0 Å². The number of allylic oxidation sites excluding steroid dienone is 1. The molecule has 0 radical (unpaired) electrons. The Kier molecular flexibility index (Phi) is 4.09. The van der Waals surface area contributed by atoms with E-state index in [1.54, 1.807) is 6.26 Å². The highest BCUT2D eigenvalue weighted by Crippen LogP contribution is 2.12. The number of hydrogen-bond acceptors (Lipinski definition) is 3. The Morgan fingerprint density at radius 2 is 2.46 bits per heavy atom. The molecule has 0 saturated heterocycles. The van der Waals surface area contributed by atoms with E-state index in [1.807, 2.05) is 6.08 Å². The summed E-state index contributed by atoms with van der Waals surface area (Å²) in [4.78, 5) is 10.8. The Hall–Kier alpha value is -1.25. The highest BCUT2D eigenvalue weighted by Gasteiger charge is 2.12. The molecular formula is C10H14O3. The van der Waals surface area contributed by atoms with E-state index in [2.05, 4.69) is 6.58 Å². The fourth-order valence-corrected chi connectivity index (χ4v) is 1.12. The summed E-state index contributed by atoms with van der Waals surface area (Å²) in [7, 11) is 0. The van der Waals surface area contributed by atoms with Gasteiger partial charge in [0.05, 0.1) is 6.26 Å². The molecule has 1 heterocycles. The van der Waals surface area contributed by atoms with Crippen molar-refractivity contribution in [1.82, 2.24) is 0 Å². The Balaban J connectivity index is 2.38. The number of ether oxygens (including phenoxy) is 2. The van der Waals surface area contributed by atoms with Gasteiger partial charge in [-0.1, -0.05) is 6.58 Å². The lowest BCUT2D eigenvalue weighted by Gasteiger charge is -2.17. The molecule has 3 heteroatoms. The molecule has 0 bridgehead atoms. The first-order valence-electron chi connectivity index (χ1n) is 4.46. The van der Waals surface area contributed by atoms with E-state index < -0.39 is 12.3 Å². The molecule has 1 aliphatic rings. The molecule has 0 aliphatic carbocycles. The summed E-state index contributed by atoms with van der Waals surface area (Å²) in [6.45, 7) is 3.32. The van der Waals surface area contributed by atoms with Gasteiger partial charge in [-0.25, -0.2) is 4.79 Å². The van der Waals surface area contributed by atoms with Crippen molar-refractivity contribution in [2.45, 2.75) is 32.0 Å². The van der Waals surface area contributed by atoms with Gasteiger partial charge >= 0.3 is 5.97 Å². The van der Waals surface area contributed by atoms with Crippen LogP contribution in [0.2, 0.25) is 0 Å². The van der Waals surface area contributed by atoms with E-state index in [-0.39, 0.29) is 0 Å². The van der Waals surface area contributed by atoms with Crippen LogP contribution in [0.15, 0.2) is 25.0 Å². The van der Waals surface area contributed by atoms with Crippen molar-refractivity contribution in [2.75, 3.05) is 0 Å². The normalized spacial score (nSPS) is 24.8. The maximum Gasteiger partial charge on any atom is 0.333 e. The van der Waals surface area contributed by atoms with E-state index in [0.717, 1.165) is 31.8 Å². The van der Waals surface area contributed by atoms with Gasteiger partial charge in [0, 0.05) is 12.5 Å². The number of esters is 1. The quantitative estimate of drug-likeness (QED) is 0.485. The average molecular weight is 182 g/mol. The highest BCUT2D eigenvalue weighted by molar-refractivity contribution is 5.81. The Morgan fingerprint density at radius 3 is 3.23 bits per heavy atom. The Labute approximate surface area is 78.0 Å². The van der Waals surface area contributed by atoms with Gasteiger partial charge in [-0.05, 0) is 25.3 Å². The van der Waals surface area contributed by atoms with Crippen LogP contribution >= 0.6 is 0 Å². The largest absolute Gasteiger partial charge is 0.463 e. The molecule has 0 saturated carbocycles. The highest BCUT2D eigenvalue weighted by atomic mass is 16.7. The molecule has 0 spiro atoms. The molecular weight excluding hydrogens is 168 g/mol. The second-order valence-corrected chi connectivity index (χ2v) is 2.86. The molecule has 0 aromatic rings. The van der Waals surface area contributed by atoms with Gasteiger partial charge in [-0.3, -0.25) is 0 Å². The topological polar surface area (TPSA) is 35.5 Å². The summed E-state index contributed by atoms with van der Waals surface area (Å²) in [5.41, 5.74) is 0. The van der Waals surface area contributed by atoms with E-state index >= 15 is 0 Å². The molecule has 3 nitrogen and oxygen atoms in total. The van der Waals surface area contributed by atoms with Crippen LogP contribution in [0.4, 0.5) is 0 Å². The minimum absolute atomic E-state index is 0.432. The van der Waals surface area contributed by atoms with Crippen LogP contribution in [0.25, 0.3) is 0 Å². The molecule has 0 aromatic carbocycles. The van der Waals surface area contributed by atoms with Gasteiger partial charge in [-0.2, -0.15) is 0 Å². The van der Waals surface area contributed by atoms with Crippen LogP contribution in [0.5, 0.6) is 0 Å². The second-order valence-electron chi connectivity index (χ2n) is 2.86. The average Bonchev–Trinajstić information content (AvgIpc) is 2.09. The Morgan fingerprint density at radius 1 is 1.62 bits per heavy atom. The number of hydrogen-bond donors (Lipinski definition) is 0. The third-order valence-electron chi connectivity index (χ3n) is 1.80. The lowest BCUT2D eigenvalue weighted by atomic mass is 10.2. The molecule has 72 valence electrons. The van der Waals surface area contributed by atoms with E-state index in [1.165, 1.54) is 0 Å². The molecule has 1 unspecified atom stereocenters. The van der Waals surface area contributed by atoms with Crippen LogP contribution in [0.3, 0.4) is 0 Å². The molecule has 0 aromatic heterocycles. The molecule has 0 fully saturated rings. The van der Waals surface area contributed by atoms with Crippen molar-refractivity contribution in [1.29, 1.82) is 0 Å². The van der Waals surface area contributed by atoms with Crippen molar-refractivity contribution in [2.24, 2.45) is 0 Å². The van der Waals surface area contributed by atoms with Gasteiger partial charge in [0.15, 0.2) is 0 Å². The van der Waals surface area contributed by atoms with Crippen LogP contribution in [0, 0.1) is 0 Å². The maximum absolute atomic E-state index is 10.8. The summed E-state index contributed by atoms with van der Waals surface area (Å²) < 4.78 is 10.1. The molecule has 1 atom stereocenters. The zero-order valence-electron chi connectivity index (χ0n) is 7.57. The van der Waals surface area contributed by atoms with Crippen molar-refractivity contribution in [3.05, 3.63) is 25.0 Å². The van der Waals surface area contributed by atoms with Crippen molar-refractivity contribution in [3.8, 4) is 0 Å². The lowest BCUT2D eigenvalue weighted by Crippen LogP contribution is -2.18. The van der Waals surface area contributed by atoms with Crippen molar-refractivity contribution >= 4 is 5.97 Å². The monoisotopic (exact) mass is 182 g/mol. The first-order valence-corrected chi connectivity index (χ1v) is 4.46. The van der Waals surface area contributed by atoms with Crippen LogP contribution in [0.1, 0.15) is 25.7 Å². The summed E-state index contributed by atoms with van der Waals surface area (Å²) in [6, 6.07) is 0. The molecule has 1 rings (SSSR count). The zero-order chi connectivity index (χ0) is 9.52. The summed E-state index contributed by atoms with van der Waals surface area (Å²) in [5.74, 6) is -0.432. The number of rotatable bonds is 2. The van der Waals surface area contributed by atoms with Crippen molar-refractivity contribution < 1.29 is 14.3 Å². The van der Waals surface area contributed by atoms with Crippen molar-refractivity contribution in [3.63, 3.8) is 0 Å². The predicted molar refractivity (Wildman–Crippen MR) is 48.8 cm³/mol. The summed E-state index contributed by atoms with van der Waals surface area (Å²) >= 11 is 0. The van der Waals surface area contributed by atoms with E-state index in [4.69, 9.17) is 9.47 Å². The predicted octanol–water partition coefficient (Wildman–Crippen LogP) is 2.15. The first kappa shape index (κ1) is 9.84. The van der Waals surface area contributed by atoms with Crippen LogP contribution in [-0.2, 0) is 14.3 Å². The standard InChI is InChI=1S/C10H14O3/c1-2-9(11)13-10-7-5-3-4-6-8-12-10/h2,6,8,10H,1,3-5,7H2/b8-6-. The minimum atomic E-state index is -0.443. The van der Waals surface area contributed by atoms with Gasteiger partial charge in [0.25, 0.3) is 0 Å². The van der Waals surface area contributed by atoms with Gasteiger partial charge in [-0.15, -0.1) is 0 Å². The third kappa shape index (κ3) is 3.78. The van der Waals surface area contributed by atoms with Crippen LogP contribution in [-0.4, -0.2) is 12.3 Å². The number of carbonyl (C=O) groups is 1. The zero-order valence-corrected chi connectivity index (χ0v) is 7.57. The SMILES string of the molecule is C=CC(=O)OC1CCCC/C=C\O1. The Bertz CT molecular complexity index is 208. The molecule has 13 heavy (non-hydrogen) atoms. The summed E-state index contributed by atoms with van der Waals surface area (Å²) in [5, 5.41) is 0. The second kappa shape index (κ2) is 5.41. The smallest absolute Gasteiger partial charge is 0.333 e. The van der Waals surface area contributed by atoms with E-state index in [0.29, 0.717) is 0 Å². The first-order chi connectivity index (χ1) is 6.33. The van der Waals surface area contributed by atoms with Gasteiger partial charge in [0.2, 0.25) is 6.29 Å². The maximum atomic E-state index is 10.8. The fourth-order valence-electron chi connectivity index (χ4n) is 1.12. The lowest BCUT2D eigenvalue weighted by molar-refractivity contribution is -0.164. The number of carbonyl (C=O) groups excluding carboxylic acids is 1. The minimum Gasteiger partial charge on any atom is -0.463 e. The molecule has 0 amide bonds.